The quantitative estimate of drug-likeness (QED) is 0.483. The van der Waals surface area contributed by atoms with Gasteiger partial charge in [0, 0.05) is 24.3 Å². The molecule has 0 fully saturated rings. The maximum atomic E-state index is 13.0. The highest BCUT2D eigenvalue weighted by atomic mass is 32.2. The number of carbonyl (C=O) groups is 1. The van der Waals surface area contributed by atoms with Crippen molar-refractivity contribution in [1.29, 1.82) is 0 Å². The summed E-state index contributed by atoms with van der Waals surface area (Å²) >= 11 is 1.42. The molecule has 29 heavy (non-hydrogen) atoms. The second kappa shape index (κ2) is 8.66. The summed E-state index contributed by atoms with van der Waals surface area (Å²) in [6.45, 7) is 0. The number of rotatable bonds is 6. The van der Waals surface area contributed by atoms with Gasteiger partial charge in [0.25, 0.3) is 5.91 Å². The van der Waals surface area contributed by atoms with Gasteiger partial charge in [-0.25, -0.2) is 19.0 Å². The van der Waals surface area contributed by atoms with Crippen molar-refractivity contribution >= 4 is 23.4 Å². The molecular formula is C21H16FN5OS. The molecule has 0 unspecified atom stereocenters. The van der Waals surface area contributed by atoms with Crippen LogP contribution in [0.15, 0.2) is 84.4 Å². The predicted octanol–water partition coefficient (Wildman–Crippen LogP) is 4.35. The highest BCUT2D eigenvalue weighted by molar-refractivity contribution is 7.98. The Morgan fingerprint density at radius 3 is 2.62 bits per heavy atom. The number of hydrogen-bond acceptors (Lipinski definition) is 5. The Labute approximate surface area is 170 Å². The molecule has 0 aliphatic rings. The van der Waals surface area contributed by atoms with Crippen molar-refractivity contribution in [1.82, 2.24) is 19.7 Å². The monoisotopic (exact) mass is 405 g/mol. The molecule has 6 nitrogen and oxygen atoms in total. The average molecular weight is 405 g/mol. The van der Waals surface area contributed by atoms with E-state index in [9.17, 15) is 9.18 Å². The van der Waals surface area contributed by atoms with Crippen molar-refractivity contribution in [2.75, 3.05) is 5.32 Å². The number of hydrogen-bond donors (Lipinski definition) is 1. The smallest absolute Gasteiger partial charge is 0.258 e. The van der Waals surface area contributed by atoms with Crippen LogP contribution in [-0.4, -0.2) is 25.7 Å². The lowest BCUT2D eigenvalue weighted by Crippen LogP contribution is -2.14. The van der Waals surface area contributed by atoms with E-state index in [1.165, 1.54) is 23.9 Å². The van der Waals surface area contributed by atoms with Gasteiger partial charge in [0.2, 0.25) is 0 Å². The van der Waals surface area contributed by atoms with Crippen LogP contribution in [0.5, 0.6) is 0 Å². The molecule has 4 aromatic rings. The van der Waals surface area contributed by atoms with Gasteiger partial charge in [-0.1, -0.05) is 12.1 Å². The molecule has 3 aromatic heterocycles. The maximum absolute atomic E-state index is 13.0. The van der Waals surface area contributed by atoms with Crippen molar-refractivity contribution in [2.24, 2.45) is 0 Å². The molecular weight excluding hydrogens is 389 g/mol. The van der Waals surface area contributed by atoms with Crippen molar-refractivity contribution in [3.05, 3.63) is 96.3 Å². The zero-order chi connectivity index (χ0) is 20.1. The minimum Gasteiger partial charge on any atom is -0.321 e. The molecule has 1 amide bonds. The van der Waals surface area contributed by atoms with E-state index in [-0.39, 0.29) is 11.7 Å². The van der Waals surface area contributed by atoms with Crippen LogP contribution in [0.1, 0.15) is 15.9 Å². The molecule has 4 rings (SSSR count). The van der Waals surface area contributed by atoms with Gasteiger partial charge in [0.05, 0.1) is 17.4 Å². The number of anilines is 1. The Hall–Kier alpha value is -3.52. The van der Waals surface area contributed by atoms with E-state index >= 15 is 0 Å². The molecule has 0 saturated carbocycles. The summed E-state index contributed by atoms with van der Waals surface area (Å²) in [5.41, 5.74) is 1.99. The lowest BCUT2D eigenvalue weighted by molar-refractivity contribution is 0.102. The minimum atomic E-state index is -0.274. The van der Waals surface area contributed by atoms with Crippen LogP contribution < -0.4 is 5.32 Å². The SMILES string of the molecule is O=C(Nc1ccc(-n2cccn2)nc1)c1cccnc1SCc1ccc(F)cc1. The van der Waals surface area contributed by atoms with Gasteiger partial charge in [-0.3, -0.25) is 4.79 Å². The fourth-order valence-electron chi connectivity index (χ4n) is 2.61. The summed E-state index contributed by atoms with van der Waals surface area (Å²) in [6, 6.07) is 15.1. The van der Waals surface area contributed by atoms with E-state index in [1.54, 1.807) is 65.9 Å². The number of benzene rings is 1. The van der Waals surface area contributed by atoms with Gasteiger partial charge < -0.3 is 5.32 Å². The first-order chi connectivity index (χ1) is 14.2. The molecule has 8 heteroatoms. The van der Waals surface area contributed by atoms with Crippen LogP contribution in [0.25, 0.3) is 5.82 Å². The van der Waals surface area contributed by atoms with Crippen LogP contribution in [0, 0.1) is 5.82 Å². The normalized spacial score (nSPS) is 10.7. The highest BCUT2D eigenvalue weighted by Gasteiger charge is 2.13. The largest absolute Gasteiger partial charge is 0.321 e. The number of carbonyl (C=O) groups excluding carboxylic acids is 1. The summed E-state index contributed by atoms with van der Waals surface area (Å²) in [4.78, 5) is 21.4. The third-order valence-electron chi connectivity index (χ3n) is 4.05. The van der Waals surface area contributed by atoms with E-state index in [4.69, 9.17) is 0 Å². The molecule has 0 aliphatic carbocycles. The standard InChI is InChI=1S/C21H16FN5OS/c22-16-6-4-15(5-7-16)14-29-21-18(3-1-10-23-21)20(28)26-17-8-9-19(24-13-17)27-12-2-11-25-27/h1-13H,14H2,(H,26,28). The lowest BCUT2D eigenvalue weighted by Gasteiger charge is -2.09. The Morgan fingerprint density at radius 2 is 1.90 bits per heavy atom. The third-order valence-corrected chi connectivity index (χ3v) is 5.13. The van der Waals surface area contributed by atoms with Crippen LogP contribution >= 0.6 is 11.8 Å². The number of halogens is 1. The number of thioether (sulfide) groups is 1. The molecule has 3 heterocycles. The Morgan fingerprint density at radius 1 is 1.03 bits per heavy atom. The number of aromatic nitrogens is 4. The zero-order valence-corrected chi connectivity index (χ0v) is 16.0. The van der Waals surface area contributed by atoms with Gasteiger partial charge in [-0.05, 0) is 48.0 Å². The summed E-state index contributed by atoms with van der Waals surface area (Å²) in [5, 5.41) is 7.57. The molecule has 0 saturated heterocycles. The van der Waals surface area contributed by atoms with E-state index in [1.807, 2.05) is 6.07 Å². The molecule has 0 spiro atoms. The van der Waals surface area contributed by atoms with E-state index in [0.717, 1.165) is 5.56 Å². The summed E-state index contributed by atoms with van der Waals surface area (Å²) < 4.78 is 14.7. The number of nitrogens with one attached hydrogen (secondary N) is 1. The number of nitrogens with zero attached hydrogens (tertiary/aromatic N) is 4. The van der Waals surface area contributed by atoms with E-state index < -0.39 is 0 Å². The van der Waals surface area contributed by atoms with Gasteiger partial charge in [0.1, 0.15) is 10.8 Å². The zero-order valence-electron chi connectivity index (χ0n) is 15.2. The highest BCUT2D eigenvalue weighted by Crippen LogP contribution is 2.25. The van der Waals surface area contributed by atoms with Gasteiger partial charge >= 0.3 is 0 Å². The topological polar surface area (TPSA) is 72.7 Å². The van der Waals surface area contributed by atoms with Crippen LogP contribution in [0.2, 0.25) is 0 Å². The maximum Gasteiger partial charge on any atom is 0.258 e. The summed E-state index contributed by atoms with van der Waals surface area (Å²) in [5.74, 6) is 0.694. The first-order valence-corrected chi connectivity index (χ1v) is 9.77. The van der Waals surface area contributed by atoms with Crippen LogP contribution in [0.4, 0.5) is 10.1 Å². The fraction of sp³-hybridized carbons (Fsp3) is 0.0476. The van der Waals surface area contributed by atoms with Gasteiger partial charge in [-0.15, -0.1) is 11.8 Å². The van der Waals surface area contributed by atoms with E-state index in [0.29, 0.717) is 27.8 Å². The minimum absolute atomic E-state index is 0.270. The first-order valence-electron chi connectivity index (χ1n) is 8.79. The fourth-order valence-corrected chi connectivity index (χ4v) is 3.56. The average Bonchev–Trinajstić information content (AvgIpc) is 3.29. The summed E-state index contributed by atoms with van der Waals surface area (Å²) in [6.07, 6.45) is 6.69. The van der Waals surface area contributed by atoms with Crippen LogP contribution in [-0.2, 0) is 5.75 Å². The number of amides is 1. The lowest BCUT2D eigenvalue weighted by atomic mass is 10.2. The molecule has 144 valence electrons. The molecule has 0 aliphatic heterocycles. The van der Waals surface area contributed by atoms with Crippen molar-refractivity contribution in [3.63, 3.8) is 0 Å². The molecule has 1 N–H and O–H groups in total. The van der Waals surface area contributed by atoms with E-state index in [2.05, 4.69) is 20.4 Å². The first kappa shape index (κ1) is 18.8. The molecule has 0 atom stereocenters. The Balaban J connectivity index is 1.45. The van der Waals surface area contributed by atoms with Crippen molar-refractivity contribution in [2.45, 2.75) is 10.8 Å². The van der Waals surface area contributed by atoms with Crippen molar-refractivity contribution < 1.29 is 9.18 Å². The van der Waals surface area contributed by atoms with Crippen LogP contribution in [0.3, 0.4) is 0 Å². The molecule has 0 radical (unpaired) electrons. The number of pyridine rings is 2. The van der Waals surface area contributed by atoms with Gasteiger partial charge in [0.15, 0.2) is 5.82 Å². The Kier molecular flexibility index (Phi) is 5.62. The molecule has 1 aromatic carbocycles. The summed E-state index contributed by atoms with van der Waals surface area (Å²) in [7, 11) is 0. The second-order valence-corrected chi connectivity index (χ2v) is 7.05. The predicted molar refractivity (Wildman–Crippen MR) is 110 cm³/mol. The Bertz CT molecular complexity index is 1100. The second-order valence-electron chi connectivity index (χ2n) is 6.08. The van der Waals surface area contributed by atoms with Crippen molar-refractivity contribution in [3.8, 4) is 5.82 Å². The van der Waals surface area contributed by atoms with Gasteiger partial charge in [-0.2, -0.15) is 5.10 Å². The third kappa shape index (κ3) is 4.67. The molecule has 0 bridgehead atoms.